The summed E-state index contributed by atoms with van der Waals surface area (Å²) < 4.78 is 49.8. The number of nitrogens with one attached hydrogen (secondary N) is 3. The van der Waals surface area contributed by atoms with E-state index in [1.807, 2.05) is 6.92 Å². The van der Waals surface area contributed by atoms with Crippen LogP contribution in [0.3, 0.4) is 0 Å². The third kappa shape index (κ3) is 7.89. The van der Waals surface area contributed by atoms with Gasteiger partial charge in [-0.3, -0.25) is 4.99 Å². The lowest BCUT2D eigenvalue weighted by Crippen LogP contribution is -2.39. The molecule has 0 aliphatic carbocycles. The molecule has 2 heterocycles. The molecule has 1 aromatic rings. The van der Waals surface area contributed by atoms with Crippen LogP contribution in [-0.4, -0.2) is 63.0 Å². The van der Waals surface area contributed by atoms with Crippen molar-refractivity contribution in [3.8, 4) is 0 Å². The fourth-order valence-electron chi connectivity index (χ4n) is 2.63. The number of guanidine groups is 1. The van der Waals surface area contributed by atoms with Gasteiger partial charge in [0.15, 0.2) is 5.96 Å². The van der Waals surface area contributed by atoms with Crippen LogP contribution in [-0.2, 0) is 15.7 Å². The zero-order chi connectivity index (χ0) is 20.2. The number of aromatic nitrogens is 1. The van der Waals surface area contributed by atoms with E-state index >= 15 is 0 Å². The minimum atomic E-state index is -4.44. The molecule has 1 aromatic heterocycles. The van der Waals surface area contributed by atoms with Crippen molar-refractivity contribution in [2.75, 3.05) is 51.3 Å². The molecule has 0 bridgehead atoms. The van der Waals surface area contributed by atoms with E-state index in [1.54, 1.807) is 0 Å². The maximum absolute atomic E-state index is 12.9. The van der Waals surface area contributed by atoms with Crippen LogP contribution in [0.4, 0.5) is 19.0 Å². The number of hydrogen-bond donors (Lipinski definition) is 3. The standard InChI is InChI=1S/C18H28F3N5O2/c1-2-22-17(25-8-4-11-28-14-6-12-27-13-14)26-10-9-24-16-15(18(19,20)21)5-3-7-23-16/h3,5,7,14H,2,4,6,8-13H2,1H3,(H,23,24)(H2,22,25,26). The third-order valence-electron chi connectivity index (χ3n) is 3.98. The Morgan fingerprint density at radius 3 is 2.93 bits per heavy atom. The third-order valence-corrected chi connectivity index (χ3v) is 3.98. The van der Waals surface area contributed by atoms with Crippen molar-refractivity contribution in [2.24, 2.45) is 4.99 Å². The molecule has 7 nitrogen and oxygen atoms in total. The highest BCUT2D eigenvalue weighted by Crippen LogP contribution is 2.33. The fraction of sp³-hybridized carbons (Fsp3) is 0.667. The fourth-order valence-corrected chi connectivity index (χ4v) is 2.63. The maximum atomic E-state index is 12.9. The van der Waals surface area contributed by atoms with Crippen LogP contribution in [0.15, 0.2) is 23.3 Å². The van der Waals surface area contributed by atoms with Gasteiger partial charge in [-0.1, -0.05) is 0 Å². The summed E-state index contributed by atoms with van der Waals surface area (Å²) in [5, 5.41) is 8.91. The second-order valence-corrected chi connectivity index (χ2v) is 6.22. The molecule has 1 fully saturated rings. The molecule has 2 rings (SSSR count). The number of aliphatic imine (C=N–C) groups is 1. The number of alkyl halides is 3. The maximum Gasteiger partial charge on any atom is 0.419 e. The molecule has 0 radical (unpaired) electrons. The number of ether oxygens (including phenoxy) is 2. The van der Waals surface area contributed by atoms with Gasteiger partial charge in [-0.05, 0) is 31.9 Å². The molecule has 10 heteroatoms. The highest BCUT2D eigenvalue weighted by molar-refractivity contribution is 5.79. The van der Waals surface area contributed by atoms with Crippen LogP contribution < -0.4 is 16.0 Å². The van der Waals surface area contributed by atoms with Crippen molar-refractivity contribution in [3.63, 3.8) is 0 Å². The average molecular weight is 403 g/mol. The van der Waals surface area contributed by atoms with Gasteiger partial charge in [0, 0.05) is 45.6 Å². The first-order valence-corrected chi connectivity index (χ1v) is 9.48. The largest absolute Gasteiger partial charge is 0.419 e. The second kappa shape index (κ2) is 11.7. The number of anilines is 1. The van der Waals surface area contributed by atoms with Gasteiger partial charge in [0.2, 0.25) is 0 Å². The number of rotatable bonds is 10. The van der Waals surface area contributed by atoms with Gasteiger partial charge in [-0.15, -0.1) is 0 Å². The van der Waals surface area contributed by atoms with Crippen LogP contribution in [0.25, 0.3) is 0 Å². The lowest BCUT2D eigenvalue weighted by molar-refractivity contribution is -0.137. The topological polar surface area (TPSA) is 79.8 Å². The summed E-state index contributed by atoms with van der Waals surface area (Å²) in [6.07, 6.45) is -1.20. The normalized spacial score (nSPS) is 17.6. The predicted octanol–water partition coefficient (Wildman–Crippen LogP) is 2.26. The van der Waals surface area contributed by atoms with Crippen molar-refractivity contribution in [2.45, 2.75) is 32.0 Å². The van der Waals surface area contributed by atoms with E-state index in [-0.39, 0.29) is 18.5 Å². The van der Waals surface area contributed by atoms with Gasteiger partial charge in [0.05, 0.1) is 18.3 Å². The Balaban J connectivity index is 1.69. The molecular weight excluding hydrogens is 375 g/mol. The van der Waals surface area contributed by atoms with Crippen molar-refractivity contribution in [1.82, 2.24) is 15.6 Å². The number of pyridine rings is 1. The Kier molecular flexibility index (Phi) is 9.29. The minimum absolute atomic E-state index is 0.174. The summed E-state index contributed by atoms with van der Waals surface area (Å²) in [5.74, 6) is 0.442. The Morgan fingerprint density at radius 2 is 2.21 bits per heavy atom. The molecule has 1 unspecified atom stereocenters. The van der Waals surface area contributed by atoms with E-state index in [2.05, 4.69) is 25.9 Å². The van der Waals surface area contributed by atoms with Gasteiger partial charge in [0.25, 0.3) is 0 Å². The Hall–Kier alpha value is -2.07. The molecule has 158 valence electrons. The van der Waals surface area contributed by atoms with Crippen molar-refractivity contribution < 1.29 is 22.6 Å². The van der Waals surface area contributed by atoms with Gasteiger partial charge in [0.1, 0.15) is 5.82 Å². The van der Waals surface area contributed by atoms with Gasteiger partial charge < -0.3 is 25.4 Å². The van der Waals surface area contributed by atoms with E-state index in [0.29, 0.717) is 38.8 Å². The van der Waals surface area contributed by atoms with E-state index in [1.165, 1.54) is 12.3 Å². The zero-order valence-electron chi connectivity index (χ0n) is 16.0. The molecule has 1 atom stereocenters. The first-order valence-electron chi connectivity index (χ1n) is 9.48. The summed E-state index contributed by atoms with van der Waals surface area (Å²) >= 11 is 0. The van der Waals surface area contributed by atoms with E-state index < -0.39 is 11.7 Å². The molecule has 0 amide bonds. The predicted molar refractivity (Wildman–Crippen MR) is 102 cm³/mol. The quantitative estimate of drug-likeness (QED) is 0.316. The minimum Gasteiger partial charge on any atom is -0.379 e. The Morgan fingerprint density at radius 1 is 1.36 bits per heavy atom. The molecular formula is C18H28F3N5O2. The highest BCUT2D eigenvalue weighted by atomic mass is 19.4. The van der Waals surface area contributed by atoms with E-state index in [4.69, 9.17) is 9.47 Å². The first kappa shape index (κ1) is 22.2. The smallest absolute Gasteiger partial charge is 0.379 e. The molecule has 0 saturated carbocycles. The van der Waals surface area contributed by atoms with Crippen molar-refractivity contribution in [3.05, 3.63) is 23.9 Å². The monoisotopic (exact) mass is 403 g/mol. The van der Waals surface area contributed by atoms with Gasteiger partial charge >= 0.3 is 6.18 Å². The molecule has 1 saturated heterocycles. The summed E-state index contributed by atoms with van der Waals surface area (Å²) in [6, 6.07) is 2.28. The summed E-state index contributed by atoms with van der Waals surface area (Å²) in [5.41, 5.74) is -0.775. The lowest BCUT2D eigenvalue weighted by Gasteiger charge is -2.15. The summed E-state index contributed by atoms with van der Waals surface area (Å²) in [6.45, 7) is 5.94. The molecule has 1 aliphatic rings. The van der Waals surface area contributed by atoms with Crippen molar-refractivity contribution >= 4 is 11.8 Å². The molecule has 0 spiro atoms. The van der Waals surface area contributed by atoms with Gasteiger partial charge in [-0.25, -0.2) is 4.98 Å². The molecule has 0 aromatic carbocycles. The summed E-state index contributed by atoms with van der Waals surface area (Å²) in [4.78, 5) is 8.21. The molecule has 3 N–H and O–H groups in total. The highest BCUT2D eigenvalue weighted by Gasteiger charge is 2.33. The lowest BCUT2D eigenvalue weighted by atomic mass is 10.2. The van der Waals surface area contributed by atoms with Crippen LogP contribution in [0.5, 0.6) is 0 Å². The Bertz CT molecular complexity index is 607. The van der Waals surface area contributed by atoms with Crippen molar-refractivity contribution in [1.29, 1.82) is 0 Å². The average Bonchev–Trinajstić information content (AvgIpc) is 3.18. The molecule has 1 aliphatic heterocycles. The van der Waals surface area contributed by atoms with Crippen LogP contribution in [0.1, 0.15) is 25.3 Å². The molecule has 28 heavy (non-hydrogen) atoms. The first-order chi connectivity index (χ1) is 13.5. The Labute approximate surface area is 163 Å². The number of hydrogen-bond acceptors (Lipinski definition) is 5. The van der Waals surface area contributed by atoms with Crippen LogP contribution >= 0.6 is 0 Å². The number of nitrogens with zero attached hydrogens (tertiary/aromatic N) is 2. The van der Waals surface area contributed by atoms with E-state index in [9.17, 15) is 13.2 Å². The van der Waals surface area contributed by atoms with Crippen LogP contribution in [0, 0.1) is 0 Å². The number of halogens is 3. The SMILES string of the molecule is CCNC(=NCCCOC1CCOC1)NCCNc1ncccc1C(F)(F)F. The van der Waals surface area contributed by atoms with Gasteiger partial charge in [-0.2, -0.15) is 13.2 Å². The zero-order valence-corrected chi connectivity index (χ0v) is 16.0. The second-order valence-electron chi connectivity index (χ2n) is 6.22. The van der Waals surface area contributed by atoms with Crippen LogP contribution in [0.2, 0.25) is 0 Å². The van der Waals surface area contributed by atoms with E-state index in [0.717, 1.165) is 25.5 Å². The summed E-state index contributed by atoms with van der Waals surface area (Å²) in [7, 11) is 0.